The van der Waals surface area contributed by atoms with Gasteiger partial charge in [0.15, 0.2) is 28.4 Å². The van der Waals surface area contributed by atoms with E-state index in [-0.39, 0.29) is 6.04 Å². The maximum absolute atomic E-state index is 13.9. The van der Waals surface area contributed by atoms with E-state index in [4.69, 9.17) is 4.42 Å². The van der Waals surface area contributed by atoms with E-state index in [2.05, 4.69) is 15.5 Å². The SMILES string of the molecule is C[C@@H](Sc1nnc(-c2ccco2)n1C1CCCCC1)C(=O)Nc1ccc(F)c(F)c1F. The Balaban J connectivity index is 1.55. The Bertz CT molecular complexity index is 1070. The number of anilines is 1. The molecule has 0 saturated heterocycles. The van der Waals surface area contributed by atoms with Crippen molar-refractivity contribution in [2.45, 2.75) is 55.5 Å². The first-order chi connectivity index (χ1) is 15.0. The van der Waals surface area contributed by atoms with Gasteiger partial charge in [0.25, 0.3) is 0 Å². The van der Waals surface area contributed by atoms with Gasteiger partial charge in [-0.1, -0.05) is 31.0 Å². The van der Waals surface area contributed by atoms with Gasteiger partial charge in [0, 0.05) is 6.04 Å². The van der Waals surface area contributed by atoms with E-state index in [0.717, 1.165) is 37.8 Å². The number of rotatable bonds is 6. The molecule has 1 atom stereocenters. The van der Waals surface area contributed by atoms with Gasteiger partial charge in [-0.2, -0.15) is 0 Å². The monoisotopic (exact) mass is 450 g/mol. The van der Waals surface area contributed by atoms with Crippen molar-refractivity contribution < 1.29 is 22.4 Å². The molecule has 1 aliphatic carbocycles. The highest BCUT2D eigenvalue weighted by Gasteiger charge is 2.28. The van der Waals surface area contributed by atoms with E-state index < -0.39 is 34.3 Å². The molecule has 1 aromatic carbocycles. The Morgan fingerprint density at radius 2 is 1.94 bits per heavy atom. The summed E-state index contributed by atoms with van der Waals surface area (Å²) < 4.78 is 48.0. The van der Waals surface area contributed by atoms with E-state index >= 15 is 0 Å². The number of amides is 1. The molecule has 0 unspecified atom stereocenters. The number of carbonyl (C=O) groups is 1. The third-order valence-electron chi connectivity index (χ3n) is 5.29. The number of carbonyl (C=O) groups excluding carboxylic acids is 1. The molecule has 6 nitrogen and oxygen atoms in total. The van der Waals surface area contributed by atoms with Crippen molar-refractivity contribution in [2.75, 3.05) is 5.32 Å². The molecule has 2 aromatic heterocycles. The zero-order chi connectivity index (χ0) is 22.0. The van der Waals surface area contributed by atoms with E-state index in [1.54, 1.807) is 25.3 Å². The van der Waals surface area contributed by atoms with Crippen LogP contribution >= 0.6 is 11.8 Å². The second-order valence-corrected chi connectivity index (χ2v) is 8.73. The van der Waals surface area contributed by atoms with E-state index in [0.29, 0.717) is 16.7 Å². The summed E-state index contributed by atoms with van der Waals surface area (Å²) in [6.07, 6.45) is 6.87. The maximum Gasteiger partial charge on any atom is 0.237 e. The Morgan fingerprint density at radius 1 is 1.16 bits per heavy atom. The van der Waals surface area contributed by atoms with Gasteiger partial charge in [0.05, 0.1) is 17.2 Å². The Morgan fingerprint density at radius 3 is 2.65 bits per heavy atom. The molecule has 4 rings (SSSR count). The summed E-state index contributed by atoms with van der Waals surface area (Å²) in [5.74, 6) is -3.75. The largest absolute Gasteiger partial charge is 0.461 e. The van der Waals surface area contributed by atoms with Crippen molar-refractivity contribution in [2.24, 2.45) is 0 Å². The van der Waals surface area contributed by atoms with Crippen molar-refractivity contribution in [1.82, 2.24) is 14.8 Å². The normalized spacial score (nSPS) is 15.7. The lowest BCUT2D eigenvalue weighted by Crippen LogP contribution is -2.24. The summed E-state index contributed by atoms with van der Waals surface area (Å²) in [6, 6.07) is 5.52. The van der Waals surface area contributed by atoms with Crippen LogP contribution < -0.4 is 5.32 Å². The molecule has 1 saturated carbocycles. The fourth-order valence-corrected chi connectivity index (χ4v) is 4.59. The van der Waals surface area contributed by atoms with Gasteiger partial charge in [0.2, 0.25) is 11.7 Å². The summed E-state index contributed by atoms with van der Waals surface area (Å²) in [6.45, 7) is 1.63. The Labute approximate surface area is 181 Å². The quantitative estimate of drug-likeness (QED) is 0.392. The van der Waals surface area contributed by atoms with Gasteiger partial charge in [-0.05, 0) is 44.0 Å². The molecular formula is C21H21F3N4O2S. The Kier molecular flexibility index (Phi) is 6.35. The first kappa shape index (κ1) is 21.5. The standard InChI is InChI=1S/C21H21F3N4O2S/c1-12(20(29)25-15-10-9-14(22)17(23)18(15)24)31-21-27-26-19(16-8-5-11-30-16)28(21)13-6-3-2-4-7-13/h5,8-13H,2-4,6-7H2,1H3,(H,25,29)/t12-/m1/s1. The number of thioether (sulfide) groups is 1. The topological polar surface area (TPSA) is 73.0 Å². The number of aromatic nitrogens is 3. The summed E-state index contributed by atoms with van der Waals surface area (Å²) in [5.41, 5.74) is -0.415. The van der Waals surface area contributed by atoms with Gasteiger partial charge >= 0.3 is 0 Å². The van der Waals surface area contributed by atoms with Gasteiger partial charge in [-0.15, -0.1) is 10.2 Å². The highest BCUT2D eigenvalue weighted by Crippen LogP contribution is 2.37. The van der Waals surface area contributed by atoms with Crippen LogP contribution in [0.1, 0.15) is 45.1 Å². The maximum atomic E-state index is 13.9. The van der Waals surface area contributed by atoms with E-state index in [9.17, 15) is 18.0 Å². The average molecular weight is 450 g/mol. The summed E-state index contributed by atoms with van der Waals surface area (Å²) >= 11 is 1.17. The zero-order valence-electron chi connectivity index (χ0n) is 16.8. The number of benzene rings is 1. The number of hydrogen-bond acceptors (Lipinski definition) is 5. The van der Waals surface area contributed by atoms with Gasteiger partial charge in [0.1, 0.15) is 0 Å². The minimum Gasteiger partial charge on any atom is -0.461 e. The van der Waals surface area contributed by atoms with Crippen LogP contribution in [-0.2, 0) is 4.79 Å². The first-order valence-corrected chi connectivity index (χ1v) is 10.9. The van der Waals surface area contributed by atoms with Crippen LogP contribution in [-0.4, -0.2) is 25.9 Å². The molecule has 164 valence electrons. The molecule has 0 radical (unpaired) electrons. The molecule has 1 N–H and O–H groups in total. The fourth-order valence-electron chi connectivity index (χ4n) is 3.67. The lowest BCUT2D eigenvalue weighted by molar-refractivity contribution is -0.115. The van der Waals surface area contributed by atoms with Crippen molar-refractivity contribution in [3.63, 3.8) is 0 Å². The average Bonchev–Trinajstić information content (AvgIpc) is 3.44. The van der Waals surface area contributed by atoms with Gasteiger partial charge in [-0.25, -0.2) is 13.2 Å². The minimum absolute atomic E-state index is 0.185. The number of halogens is 3. The first-order valence-electron chi connectivity index (χ1n) is 10.1. The molecule has 31 heavy (non-hydrogen) atoms. The molecule has 0 aliphatic heterocycles. The van der Waals surface area contributed by atoms with Crippen LogP contribution in [0, 0.1) is 17.5 Å². The summed E-state index contributed by atoms with van der Waals surface area (Å²) in [7, 11) is 0. The predicted molar refractivity (Wildman–Crippen MR) is 110 cm³/mol. The van der Waals surface area contributed by atoms with E-state index in [1.807, 2.05) is 4.57 Å². The molecule has 1 amide bonds. The smallest absolute Gasteiger partial charge is 0.237 e. The van der Waals surface area contributed by atoms with Crippen LogP contribution in [0.4, 0.5) is 18.9 Å². The Hall–Kier alpha value is -2.75. The third-order valence-corrected chi connectivity index (χ3v) is 6.35. The van der Waals surface area contributed by atoms with E-state index in [1.165, 1.54) is 18.2 Å². The van der Waals surface area contributed by atoms with Crippen LogP contribution in [0.15, 0.2) is 40.1 Å². The zero-order valence-corrected chi connectivity index (χ0v) is 17.6. The molecule has 0 bridgehead atoms. The molecule has 2 heterocycles. The number of nitrogens with one attached hydrogen (secondary N) is 1. The predicted octanol–water partition coefficient (Wildman–Crippen LogP) is 5.58. The van der Waals surface area contributed by atoms with Crippen LogP contribution in [0.3, 0.4) is 0 Å². The lowest BCUT2D eigenvalue weighted by Gasteiger charge is -2.25. The second kappa shape index (κ2) is 9.17. The van der Waals surface area contributed by atoms with Crippen molar-refractivity contribution >= 4 is 23.4 Å². The third kappa shape index (κ3) is 4.48. The molecule has 1 fully saturated rings. The molecular weight excluding hydrogens is 429 g/mol. The fraction of sp³-hybridized carbons (Fsp3) is 0.381. The second-order valence-electron chi connectivity index (χ2n) is 7.42. The van der Waals surface area contributed by atoms with Crippen LogP contribution in [0.2, 0.25) is 0 Å². The van der Waals surface area contributed by atoms with Gasteiger partial charge in [-0.3, -0.25) is 9.36 Å². The molecule has 1 aliphatic rings. The van der Waals surface area contributed by atoms with Crippen molar-refractivity contribution in [3.8, 4) is 11.6 Å². The minimum atomic E-state index is -1.63. The number of hydrogen-bond donors (Lipinski definition) is 1. The van der Waals surface area contributed by atoms with Gasteiger partial charge < -0.3 is 9.73 Å². The molecule has 3 aromatic rings. The van der Waals surface area contributed by atoms with Crippen LogP contribution in [0.5, 0.6) is 0 Å². The van der Waals surface area contributed by atoms with Crippen molar-refractivity contribution in [3.05, 3.63) is 48.0 Å². The summed E-state index contributed by atoms with van der Waals surface area (Å²) in [5, 5.41) is 10.7. The lowest BCUT2D eigenvalue weighted by atomic mass is 9.95. The van der Waals surface area contributed by atoms with Crippen molar-refractivity contribution in [1.29, 1.82) is 0 Å². The number of nitrogens with zero attached hydrogens (tertiary/aromatic N) is 3. The molecule has 10 heteroatoms. The highest BCUT2D eigenvalue weighted by atomic mass is 32.2. The summed E-state index contributed by atoms with van der Waals surface area (Å²) in [4.78, 5) is 12.6. The highest BCUT2D eigenvalue weighted by molar-refractivity contribution is 8.00. The molecule has 0 spiro atoms. The van der Waals surface area contributed by atoms with Crippen LogP contribution in [0.25, 0.3) is 11.6 Å². The number of furan rings is 1.